The Morgan fingerprint density at radius 3 is 2.87 bits per heavy atom. The van der Waals surface area contributed by atoms with Crippen LogP contribution in [0.1, 0.15) is 11.1 Å². The summed E-state index contributed by atoms with van der Waals surface area (Å²) in [4.78, 5) is 11.9. The minimum absolute atomic E-state index is 0.0462. The van der Waals surface area contributed by atoms with Crippen molar-refractivity contribution < 1.29 is 14.6 Å². The number of phenols is 1. The molecule has 1 heterocycles. The highest BCUT2D eigenvalue weighted by Crippen LogP contribution is 2.27. The molecular formula is C16H12BrN3O3. The number of benzene rings is 2. The number of hydrogen-bond acceptors (Lipinski definition) is 5. The lowest BCUT2D eigenvalue weighted by molar-refractivity contribution is -0.110. The van der Waals surface area contributed by atoms with Crippen LogP contribution in [-0.4, -0.2) is 30.0 Å². The van der Waals surface area contributed by atoms with Crippen molar-refractivity contribution in [2.75, 3.05) is 12.4 Å². The van der Waals surface area contributed by atoms with Crippen LogP contribution in [0.3, 0.4) is 0 Å². The summed E-state index contributed by atoms with van der Waals surface area (Å²) >= 11 is 3.37. The van der Waals surface area contributed by atoms with Crippen molar-refractivity contribution in [1.82, 2.24) is 0 Å². The number of ether oxygens (including phenoxy) is 1. The van der Waals surface area contributed by atoms with Crippen LogP contribution >= 0.6 is 15.9 Å². The first-order valence-electron chi connectivity index (χ1n) is 6.68. The zero-order valence-electron chi connectivity index (χ0n) is 12.1. The lowest BCUT2D eigenvalue weighted by atomic mass is 10.1. The van der Waals surface area contributed by atoms with E-state index in [9.17, 15) is 9.90 Å². The van der Waals surface area contributed by atoms with E-state index in [1.807, 2.05) is 12.1 Å². The molecule has 0 bridgehead atoms. The molecule has 2 aromatic carbocycles. The summed E-state index contributed by atoms with van der Waals surface area (Å²) < 4.78 is 5.88. The Morgan fingerprint density at radius 1 is 1.26 bits per heavy atom. The molecule has 0 fully saturated rings. The average molecular weight is 374 g/mol. The van der Waals surface area contributed by atoms with E-state index in [1.165, 1.54) is 19.4 Å². The van der Waals surface area contributed by atoms with Gasteiger partial charge in [0.2, 0.25) is 0 Å². The van der Waals surface area contributed by atoms with Crippen molar-refractivity contribution in [3.63, 3.8) is 0 Å². The smallest absolute Gasteiger partial charge is 0.276 e. The third-order valence-corrected chi connectivity index (χ3v) is 3.76. The van der Waals surface area contributed by atoms with Crippen LogP contribution in [0.5, 0.6) is 11.5 Å². The Morgan fingerprint density at radius 2 is 2.09 bits per heavy atom. The maximum absolute atomic E-state index is 11.9. The van der Waals surface area contributed by atoms with Gasteiger partial charge in [0.15, 0.2) is 17.2 Å². The average Bonchev–Trinajstić information content (AvgIpc) is 2.84. The van der Waals surface area contributed by atoms with Gasteiger partial charge >= 0.3 is 0 Å². The van der Waals surface area contributed by atoms with Gasteiger partial charge in [0.1, 0.15) is 0 Å². The number of nitrogens with one attached hydrogen (secondary N) is 1. The lowest BCUT2D eigenvalue weighted by Crippen LogP contribution is -2.13. The van der Waals surface area contributed by atoms with Crippen molar-refractivity contribution >= 4 is 39.5 Å². The van der Waals surface area contributed by atoms with Crippen LogP contribution in [0.2, 0.25) is 0 Å². The third-order valence-electron chi connectivity index (χ3n) is 3.27. The maximum atomic E-state index is 11.9. The zero-order chi connectivity index (χ0) is 16.4. The number of fused-ring (bicyclic) bond motifs is 1. The Labute approximate surface area is 140 Å². The number of rotatable bonds is 3. The Bertz CT molecular complexity index is 846. The standard InChI is InChI=1S/C16H12BrN3O3/c1-23-14-6-9(2-5-13(14)21)8-18-20-15-11-7-10(17)3-4-12(11)19-16(15)22/h2-8,21H,1H3,(H,19,20,22)/b18-8-. The molecule has 0 spiro atoms. The van der Waals surface area contributed by atoms with Crippen LogP contribution in [0.25, 0.3) is 0 Å². The molecule has 0 atom stereocenters. The molecule has 0 radical (unpaired) electrons. The minimum atomic E-state index is -0.293. The highest BCUT2D eigenvalue weighted by molar-refractivity contribution is 9.10. The Balaban J connectivity index is 1.89. The van der Waals surface area contributed by atoms with Crippen molar-refractivity contribution in [3.05, 3.63) is 52.0 Å². The minimum Gasteiger partial charge on any atom is -0.504 e. The second kappa shape index (κ2) is 6.21. The first-order valence-corrected chi connectivity index (χ1v) is 7.47. The Kier molecular flexibility index (Phi) is 4.12. The number of halogens is 1. The summed E-state index contributed by atoms with van der Waals surface area (Å²) in [7, 11) is 1.47. The van der Waals surface area contributed by atoms with Crippen molar-refractivity contribution in [2.24, 2.45) is 10.2 Å². The van der Waals surface area contributed by atoms with Crippen LogP contribution in [0.4, 0.5) is 5.69 Å². The van der Waals surface area contributed by atoms with Crippen LogP contribution in [0, 0.1) is 0 Å². The predicted octanol–water partition coefficient (Wildman–Crippen LogP) is 2.94. The van der Waals surface area contributed by atoms with Crippen molar-refractivity contribution in [1.29, 1.82) is 0 Å². The fourth-order valence-corrected chi connectivity index (χ4v) is 2.51. The molecule has 2 N–H and O–H groups in total. The number of carbonyl (C=O) groups excluding carboxylic acids is 1. The van der Waals surface area contributed by atoms with Crippen molar-refractivity contribution in [3.8, 4) is 11.5 Å². The molecule has 0 saturated carbocycles. The van der Waals surface area contributed by atoms with E-state index in [0.717, 1.165) is 4.47 Å². The molecule has 1 aliphatic heterocycles. The van der Waals surface area contributed by atoms with Crippen LogP contribution < -0.4 is 10.1 Å². The molecule has 0 aliphatic carbocycles. The third kappa shape index (κ3) is 3.09. The number of nitrogens with zero attached hydrogens (tertiary/aromatic N) is 2. The number of anilines is 1. The molecule has 0 unspecified atom stereocenters. The van der Waals surface area contributed by atoms with Gasteiger partial charge in [-0.2, -0.15) is 5.10 Å². The van der Waals surface area contributed by atoms with Gasteiger partial charge < -0.3 is 15.2 Å². The van der Waals surface area contributed by atoms with E-state index < -0.39 is 0 Å². The lowest BCUT2D eigenvalue weighted by Gasteiger charge is -2.02. The second-order valence-electron chi connectivity index (χ2n) is 4.77. The molecule has 0 saturated heterocycles. The summed E-state index contributed by atoms with van der Waals surface area (Å²) in [6.45, 7) is 0. The molecule has 1 aliphatic rings. The molecule has 2 aromatic rings. The van der Waals surface area contributed by atoms with Gasteiger partial charge in [-0.3, -0.25) is 4.79 Å². The van der Waals surface area contributed by atoms with Gasteiger partial charge in [0, 0.05) is 10.0 Å². The van der Waals surface area contributed by atoms with Gasteiger partial charge in [-0.25, -0.2) is 0 Å². The molecule has 23 heavy (non-hydrogen) atoms. The fraction of sp³-hybridized carbons (Fsp3) is 0.0625. The molecule has 116 valence electrons. The fourth-order valence-electron chi connectivity index (χ4n) is 2.15. The summed E-state index contributed by atoms with van der Waals surface area (Å²) in [5, 5.41) is 20.2. The maximum Gasteiger partial charge on any atom is 0.276 e. The largest absolute Gasteiger partial charge is 0.504 e. The Hall–Kier alpha value is -2.67. The molecule has 7 heteroatoms. The number of methoxy groups -OCH3 is 1. The normalized spacial score (nSPS) is 15.0. The van der Waals surface area contributed by atoms with Gasteiger partial charge in [0.25, 0.3) is 5.91 Å². The summed E-state index contributed by atoms with van der Waals surface area (Å²) in [6, 6.07) is 10.2. The second-order valence-corrected chi connectivity index (χ2v) is 5.68. The van der Waals surface area contributed by atoms with Gasteiger partial charge in [0.05, 0.1) is 19.0 Å². The summed E-state index contributed by atoms with van der Waals surface area (Å²) in [6.07, 6.45) is 1.48. The van der Waals surface area contributed by atoms with Crippen LogP contribution in [0.15, 0.2) is 51.1 Å². The molecule has 6 nitrogen and oxygen atoms in total. The topological polar surface area (TPSA) is 83.3 Å². The van der Waals surface area contributed by atoms with E-state index in [2.05, 4.69) is 31.4 Å². The van der Waals surface area contributed by atoms with Gasteiger partial charge in [-0.1, -0.05) is 15.9 Å². The van der Waals surface area contributed by atoms with Crippen molar-refractivity contribution in [2.45, 2.75) is 0 Å². The number of carbonyl (C=O) groups is 1. The molecule has 1 amide bonds. The highest BCUT2D eigenvalue weighted by Gasteiger charge is 2.26. The monoisotopic (exact) mass is 373 g/mol. The summed E-state index contributed by atoms with van der Waals surface area (Å²) in [5.74, 6) is 0.0953. The first-order chi connectivity index (χ1) is 11.1. The summed E-state index contributed by atoms with van der Waals surface area (Å²) in [5.41, 5.74) is 2.35. The molecular weight excluding hydrogens is 362 g/mol. The molecule has 0 aromatic heterocycles. The van der Waals surface area contributed by atoms with Gasteiger partial charge in [-0.15, -0.1) is 5.10 Å². The number of phenolic OH excluding ortho intramolecular Hbond substituents is 1. The van der Waals surface area contributed by atoms with E-state index in [0.29, 0.717) is 22.6 Å². The SMILES string of the molecule is COc1cc(/C=N\N=C2C(=O)Nc3ccc(Br)cc32)ccc1O. The quantitative estimate of drug-likeness (QED) is 0.640. The van der Waals surface area contributed by atoms with E-state index in [-0.39, 0.29) is 17.4 Å². The number of hydrogen-bond donors (Lipinski definition) is 2. The van der Waals surface area contributed by atoms with E-state index >= 15 is 0 Å². The first kappa shape index (κ1) is 15.2. The van der Waals surface area contributed by atoms with Gasteiger partial charge in [-0.05, 0) is 42.0 Å². The predicted molar refractivity (Wildman–Crippen MR) is 91.6 cm³/mol. The van der Waals surface area contributed by atoms with E-state index in [1.54, 1.807) is 18.2 Å². The van der Waals surface area contributed by atoms with E-state index in [4.69, 9.17) is 4.74 Å². The molecule has 3 rings (SSSR count). The van der Waals surface area contributed by atoms with Crippen LogP contribution in [-0.2, 0) is 4.79 Å². The zero-order valence-corrected chi connectivity index (χ0v) is 13.7. The number of amides is 1. The number of aromatic hydroxyl groups is 1. The highest BCUT2D eigenvalue weighted by atomic mass is 79.9.